The van der Waals surface area contributed by atoms with Crippen molar-refractivity contribution in [2.24, 2.45) is 5.92 Å². The number of hydrogen-bond donors (Lipinski definition) is 1. The first-order chi connectivity index (χ1) is 8.50. The van der Waals surface area contributed by atoms with E-state index in [9.17, 15) is 9.59 Å². The summed E-state index contributed by atoms with van der Waals surface area (Å²) in [5.41, 5.74) is 0. The fourth-order valence-corrected chi connectivity index (χ4v) is 2.42. The molecule has 18 heavy (non-hydrogen) atoms. The highest BCUT2D eigenvalue weighted by Crippen LogP contribution is 2.22. The first kappa shape index (κ1) is 15.0. The molecular weight excluding hydrogens is 228 g/mol. The predicted molar refractivity (Wildman–Crippen MR) is 72.1 cm³/mol. The third kappa shape index (κ3) is 5.07. The van der Waals surface area contributed by atoms with Gasteiger partial charge in [0.2, 0.25) is 11.8 Å². The van der Waals surface area contributed by atoms with Gasteiger partial charge in [0.05, 0.1) is 6.54 Å². The normalized spacial score (nSPS) is 16.7. The van der Waals surface area contributed by atoms with Crippen LogP contribution >= 0.6 is 0 Å². The first-order valence-corrected chi connectivity index (χ1v) is 7.04. The van der Waals surface area contributed by atoms with E-state index in [0.29, 0.717) is 12.5 Å². The molecule has 4 nitrogen and oxygen atoms in total. The molecule has 0 radical (unpaired) electrons. The van der Waals surface area contributed by atoms with Crippen LogP contribution in [0.15, 0.2) is 0 Å². The van der Waals surface area contributed by atoms with Crippen molar-refractivity contribution in [3.8, 4) is 0 Å². The molecule has 1 aliphatic rings. The molecule has 1 rings (SSSR count). The molecule has 0 bridgehead atoms. The van der Waals surface area contributed by atoms with Gasteiger partial charge >= 0.3 is 0 Å². The van der Waals surface area contributed by atoms with Gasteiger partial charge in [-0.3, -0.25) is 9.59 Å². The third-order valence-corrected chi connectivity index (χ3v) is 3.44. The maximum atomic E-state index is 11.8. The van der Waals surface area contributed by atoms with Crippen LogP contribution in [0, 0.1) is 5.92 Å². The summed E-state index contributed by atoms with van der Waals surface area (Å²) in [4.78, 5) is 25.2. The van der Waals surface area contributed by atoms with Gasteiger partial charge in [0.15, 0.2) is 0 Å². The summed E-state index contributed by atoms with van der Waals surface area (Å²) in [6, 6.07) is 0.265. The van der Waals surface area contributed by atoms with Gasteiger partial charge in [0.1, 0.15) is 0 Å². The van der Waals surface area contributed by atoms with Gasteiger partial charge in [-0.05, 0) is 18.8 Å². The molecule has 1 aliphatic carbocycles. The van der Waals surface area contributed by atoms with E-state index in [1.165, 1.54) is 19.3 Å². The molecule has 0 aromatic carbocycles. The van der Waals surface area contributed by atoms with Gasteiger partial charge in [-0.2, -0.15) is 0 Å². The van der Waals surface area contributed by atoms with E-state index in [4.69, 9.17) is 0 Å². The molecule has 4 heteroatoms. The smallest absolute Gasteiger partial charge is 0.239 e. The van der Waals surface area contributed by atoms with Crippen molar-refractivity contribution in [1.82, 2.24) is 10.2 Å². The molecule has 1 N–H and O–H groups in total. The van der Waals surface area contributed by atoms with Crippen LogP contribution in [0.1, 0.15) is 52.9 Å². The Bertz CT molecular complexity index is 284. The minimum Gasteiger partial charge on any atom is -0.354 e. The van der Waals surface area contributed by atoms with Gasteiger partial charge < -0.3 is 10.2 Å². The summed E-state index contributed by atoms with van der Waals surface area (Å²) in [6.45, 7) is 6.57. The molecule has 0 heterocycles. The fourth-order valence-electron chi connectivity index (χ4n) is 2.42. The highest BCUT2D eigenvalue weighted by Gasteiger charge is 2.24. The maximum Gasteiger partial charge on any atom is 0.239 e. The molecule has 2 amide bonds. The zero-order valence-electron chi connectivity index (χ0n) is 11.9. The van der Waals surface area contributed by atoms with Crippen LogP contribution in [0.4, 0.5) is 0 Å². The Hall–Kier alpha value is -1.06. The zero-order chi connectivity index (χ0) is 13.5. The standard InChI is InChI=1S/C14H26N2O2/c1-11(2)9-15-14(18)10-16(12(3)17)13-7-5-4-6-8-13/h11,13H,4-10H2,1-3H3,(H,15,18). The number of carbonyl (C=O) groups excluding carboxylic acids is 2. The number of rotatable bonds is 5. The van der Waals surface area contributed by atoms with Gasteiger partial charge in [0, 0.05) is 19.5 Å². The second-order valence-corrected chi connectivity index (χ2v) is 5.64. The molecule has 0 aromatic rings. The lowest BCUT2D eigenvalue weighted by atomic mass is 9.94. The van der Waals surface area contributed by atoms with Crippen LogP contribution in [0.5, 0.6) is 0 Å². The third-order valence-electron chi connectivity index (χ3n) is 3.44. The van der Waals surface area contributed by atoms with Crippen LogP contribution in [0.2, 0.25) is 0 Å². The summed E-state index contributed by atoms with van der Waals surface area (Å²) >= 11 is 0. The summed E-state index contributed by atoms with van der Waals surface area (Å²) in [6.07, 6.45) is 5.67. The SMILES string of the molecule is CC(=O)N(CC(=O)NCC(C)C)C1CCCCC1. The molecule has 0 saturated heterocycles. The molecule has 0 unspecified atom stereocenters. The highest BCUT2D eigenvalue weighted by molar-refractivity contribution is 5.83. The first-order valence-electron chi connectivity index (χ1n) is 7.04. The molecule has 1 saturated carbocycles. The summed E-state index contributed by atoms with van der Waals surface area (Å²) < 4.78 is 0. The van der Waals surface area contributed by atoms with E-state index in [1.807, 2.05) is 0 Å². The second-order valence-electron chi connectivity index (χ2n) is 5.64. The minimum atomic E-state index is -0.0375. The average molecular weight is 254 g/mol. The predicted octanol–water partition coefficient (Wildman–Crippen LogP) is 1.94. The fraction of sp³-hybridized carbons (Fsp3) is 0.857. The summed E-state index contributed by atoms with van der Waals surface area (Å²) in [5, 5.41) is 2.87. The van der Waals surface area contributed by atoms with E-state index < -0.39 is 0 Å². The number of nitrogens with zero attached hydrogens (tertiary/aromatic N) is 1. The lowest BCUT2D eigenvalue weighted by molar-refractivity contribution is -0.137. The van der Waals surface area contributed by atoms with E-state index in [2.05, 4.69) is 19.2 Å². The topological polar surface area (TPSA) is 49.4 Å². The lowest BCUT2D eigenvalue weighted by Crippen LogP contribution is -2.46. The lowest BCUT2D eigenvalue weighted by Gasteiger charge is -2.33. The number of carbonyl (C=O) groups is 2. The number of nitrogens with one attached hydrogen (secondary N) is 1. The molecule has 0 aliphatic heterocycles. The van der Waals surface area contributed by atoms with E-state index >= 15 is 0 Å². The maximum absolute atomic E-state index is 11.8. The van der Waals surface area contributed by atoms with Gasteiger partial charge in [0.25, 0.3) is 0 Å². The van der Waals surface area contributed by atoms with Crippen LogP contribution in [-0.2, 0) is 9.59 Å². The Morgan fingerprint density at radius 1 is 1.22 bits per heavy atom. The Morgan fingerprint density at radius 2 is 1.83 bits per heavy atom. The van der Waals surface area contributed by atoms with E-state index in [1.54, 1.807) is 11.8 Å². The molecule has 1 fully saturated rings. The van der Waals surface area contributed by atoms with Crippen molar-refractivity contribution in [3.05, 3.63) is 0 Å². The Morgan fingerprint density at radius 3 is 2.33 bits per heavy atom. The van der Waals surface area contributed by atoms with Gasteiger partial charge in [-0.1, -0.05) is 33.1 Å². The second kappa shape index (κ2) is 7.39. The van der Waals surface area contributed by atoms with Crippen LogP contribution in [0.3, 0.4) is 0 Å². The Labute approximate surface area is 110 Å². The van der Waals surface area contributed by atoms with Crippen LogP contribution in [-0.4, -0.2) is 35.8 Å². The van der Waals surface area contributed by atoms with Crippen molar-refractivity contribution in [2.45, 2.75) is 58.9 Å². The Kier molecular flexibility index (Phi) is 6.16. The Balaban J connectivity index is 2.46. The van der Waals surface area contributed by atoms with Crippen molar-refractivity contribution in [1.29, 1.82) is 0 Å². The van der Waals surface area contributed by atoms with Crippen LogP contribution in [0.25, 0.3) is 0 Å². The van der Waals surface area contributed by atoms with E-state index in [0.717, 1.165) is 12.8 Å². The molecule has 0 aromatic heterocycles. The van der Waals surface area contributed by atoms with Crippen LogP contribution < -0.4 is 5.32 Å². The van der Waals surface area contributed by atoms with Crippen molar-refractivity contribution in [3.63, 3.8) is 0 Å². The minimum absolute atomic E-state index is 0.0154. The highest BCUT2D eigenvalue weighted by atomic mass is 16.2. The number of amides is 2. The van der Waals surface area contributed by atoms with Crippen molar-refractivity contribution >= 4 is 11.8 Å². The monoisotopic (exact) mass is 254 g/mol. The quantitative estimate of drug-likeness (QED) is 0.815. The van der Waals surface area contributed by atoms with Gasteiger partial charge in [-0.15, -0.1) is 0 Å². The van der Waals surface area contributed by atoms with Gasteiger partial charge in [-0.25, -0.2) is 0 Å². The van der Waals surface area contributed by atoms with E-state index in [-0.39, 0.29) is 24.4 Å². The molecule has 104 valence electrons. The molecule has 0 spiro atoms. The molecule has 0 atom stereocenters. The largest absolute Gasteiger partial charge is 0.354 e. The van der Waals surface area contributed by atoms with Crippen molar-refractivity contribution < 1.29 is 9.59 Å². The summed E-state index contributed by atoms with van der Waals surface area (Å²) in [7, 11) is 0. The molecular formula is C14H26N2O2. The average Bonchev–Trinajstić information content (AvgIpc) is 2.34. The zero-order valence-corrected chi connectivity index (χ0v) is 11.9. The summed E-state index contributed by atoms with van der Waals surface area (Å²) in [5.74, 6) is 0.417. The van der Waals surface area contributed by atoms with Crippen molar-refractivity contribution in [2.75, 3.05) is 13.1 Å². The number of hydrogen-bond acceptors (Lipinski definition) is 2.